The lowest BCUT2D eigenvalue weighted by Crippen LogP contribution is -2.24. The van der Waals surface area contributed by atoms with Crippen molar-refractivity contribution in [1.29, 1.82) is 0 Å². The smallest absolute Gasteiger partial charge is 0.308 e. The second-order valence-corrected chi connectivity index (χ2v) is 9.11. The van der Waals surface area contributed by atoms with Crippen LogP contribution in [0, 0.1) is 26.7 Å². The maximum absolute atomic E-state index is 13.1. The third-order valence-corrected chi connectivity index (χ3v) is 6.64. The quantitative estimate of drug-likeness (QED) is 0.624. The summed E-state index contributed by atoms with van der Waals surface area (Å²) in [6, 6.07) is 5.59. The number of amides is 2. The highest BCUT2D eigenvalue weighted by atomic mass is 32.1. The monoisotopic (exact) mass is 410 g/mol. The summed E-state index contributed by atoms with van der Waals surface area (Å²) < 4.78 is 1.82. The Labute approximate surface area is 174 Å². The Morgan fingerprint density at radius 3 is 2.59 bits per heavy atom. The van der Waals surface area contributed by atoms with Crippen LogP contribution in [-0.2, 0) is 13.0 Å². The van der Waals surface area contributed by atoms with E-state index in [0.29, 0.717) is 27.7 Å². The Hall–Kier alpha value is -2.67. The van der Waals surface area contributed by atoms with Gasteiger partial charge in [-0.2, -0.15) is 0 Å². The summed E-state index contributed by atoms with van der Waals surface area (Å²) in [6.07, 6.45) is 2.86. The molecule has 2 aromatic heterocycles. The number of nitrogens with one attached hydrogen (secondary N) is 2. The standard InChI is InChI=1S/C22H26N4O2S/c1-12-5-6-17-24-20-18(21(27)26(17)8-7-12)15(4)19(29-20)25-22(28)23-16-10-13(2)9-14(3)11-16/h9-12H,5-8H2,1-4H3,(H2,23,25,28)/t12-/m1/s1. The molecule has 6 nitrogen and oxygen atoms in total. The number of thiophene rings is 1. The highest BCUT2D eigenvalue weighted by Gasteiger charge is 2.21. The number of urea groups is 1. The van der Waals surface area contributed by atoms with Gasteiger partial charge in [0.1, 0.15) is 15.7 Å². The van der Waals surface area contributed by atoms with Gasteiger partial charge in [0.05, 0.1) is 5.39 Å². The van der Waals surface area contributed by atoms with Gasteiger partial charge < -0.3 is 5.32 Å². The number of benzene rings is 1. The fourth-order valence-electron chi connectivity index (χ4n) is 3.98. The van der Waals surface area contributed by atoms with Crippen LogP contribution >= 0.6 is 11.3 Å². The van der Waals surface area contributed by atoms with Crippen LogP contribution in [0.1, 0.15) is 42.3 Å². The summed E-state index contributed by atoms with van der Waals surface area (Å²) in [4.78, 5) is 31.1. The van der Waals surface area contributed by atoms with Gasteiger partial charge >= 0.3 is 6.03 Å². The van der Waals surface area contributed by atoms with E-state index in [9.17, 15) is 9.59 Å². The maximum Gasteiger partial charge on any atom is 0.324 e. The van der Waals surface area contributed by atoms with Crippen molar-refractivity contribution in [2.24, 2.45) is 5.92 Å². The van der Waals surface area contributed by atoms with Crippen molar-refractivity contribution in [2.45, 2.75) is 53.5 Å². The van der Waals surface area contributed by atoms with Crippen LogP contribution in [0.3, 0.4) is 0 Å². The SMILES string of the molecule is Cc1cc(C)cc(NC(=O)Nc2sc3nc4n(c(=O)c3c2C)CC[C@H](C)CC4)c1. The molecule has 1 aliphatic heterocycles. The molecular formula is C22H26N4O2S. The van der Waals surface area contributed by atoms with Crippen molar-refractivity contribution in [1.82, 2.24) is 9.55 Å². The Morgan fingerprint density at radius 2 is 1.86 bits per heavy atom. The Kier molecular flexibility index (Phi) is 5.17. The van der Waals surface area contributed by atoms with Crippen molar-refractivity contribution in [3.8, 4) is 0 Å². The molecule has 0 saturated heterocycles. The van der Waals surface area contributed by atoms with Gasteiger partial charge in [-0.3, -0.25) is 14.7 Å². The second kappa shape index (κ2) is 7.63. The first-order valence-electron chi connectivity index (χ1n) is 10.0. The minimum absolute atomic E-state index is 0.00983. The number of carbonyl (C=O) groups excluding carboxylic acids is 1. The molecule has 3 aromatic rings. The van der Waals surface area contributed by atoms with Crippen molar-refractivity contribution in [3.05, 3.63) is 51.1 Å². The zero-order chi connectivity index (χ0) is 20.7. The normalized spacial score (nSPS) is 16.3. The van der Waals surface area contributed by atoms with E-state index in [4.69, 9.17) is 4.98 Å². The number of anilines is 2. The maximum atomic E-state index is 13.1. The van der Waals surface area contributed by atoms with Gasteiger partial charge in [-0.05, 0) is 68.4 Å². The molecular weight excluding hydrogens is 384 g/mol. The first-order valence-corrected chi connectivity index (χ1v) is 10.8. The number of hydrogen-bond donors (Lipinski definition) is 2. The molecule has 2 amide bonds. The number of aryl methyl sites for hydroxylation is 4. The molecule has 0 radical (unpaired) electrons. The van der Waals surface area contributed by atoms with E-state index >= 15 is 0 Å². The number of fused-ring (bicyclic) bond motifs is 2. The van der Waals surface area contributed by atoms with E-state index in [0.717, 1.165) is 47.5 Å². The van der Waals surface area contributed by atoms with E-state index in [2.05, 4.69) is 23.6 Å². The van der Waals surface area contributed by atoms with E-state index < -0.39 is 0 Å². The van der Waals surface area contributed by atoms with Gasteiger partial charge in [0, 0.05) is 18.7 Å². The molecule has 2 N–H and O–H groups in total. The van der Waals surface area contributed by atoms with E-state index in [-0.39, 0.29) is 11.6 Å². The molecule has 0 bridgehead atoms. The van der Waals surface area contributed by atoms with Gasteiger partial charge in [-0.25, -0.2) is 9.78 Å². The van der Waals surface area contributed by atoms with Gasteiger partial charge in [0.15, 0.2) is 0 Å². The number of aromatic nitrogens is 2. The third-order valence-electron chi connectivity index (χ3n) is 5.54. The minimum atomic E-state index is -0.319. The largest absolute Gasteiger partial charge is 0.324 e. The Balaban J connectivity index is 1.63. The zero-order valence-corrected chi connectivity index (χ0v) is 18.1. The first-order chi connectivity index (χ1) is 13.8. The van der Waals surface area contributed by atoms with Crippen LogP contribution in [0.15, 0.2) is 23.0 Å². The van der Waals surface area contributed by atoms with Gasteiger partial charge in [0.2, 0.25) is 0 Å². The third kappa shape index (κ3) is 3.92. The van der Waals surface area contributed by atoms with Crippen LogP contribution in [0.5, 0.6) is 0 Å². The number of nitrogens with zero attached hydrogens (tertiary/aromatic N) is 2. The molecule has 0 fully saturated rings. The number of rotatable bonds is 2. The summed E-state index contributed by atoms with van der Waals surface area (Å²) in [5, 5.41) is 7.07. The van der Waals surface area contributed by atoms with Crippen LogP contribution in [0.4, 0.5) is 15.5 Å². The molecule has 1 aromatic carbocycles. The lowest BCUT2D eigenvalue weighted by molar-refractivity contribution is 0.262. The topological polar surface area (TPSA) is 76.0 Å². The average Bonchev–Trinajstić information content (AvgIpc) is 2.80. The second-order valence-electron chi connectivity index (χ2n) is 8.11. The van der Waals surface area contributed by atoms with Crippen molar-refractivity contribution >= 4 is 38.3 Å². The molecule has 1 atom stereocenters. The summed E-state index contributed by atoms with van der Waals surface area (Å²) in [7, 11) is 0. The predicted molar refractivity (Wildman–Crippen MR) is 119 cm³/mol. The van der Waals surface area contributed by atoms with Crippen LogP contribution in [-0.4, -0.2) is 15.6 Å². The Morgan fingerprint density at radius 1 is 1.14 bits per heavy atom. The highest BCUT2D eigenvalue weighted by molar-refractivity contribution is 7.22. The molecule has 7 heteroatoms. The van der Waals surface area contributed by atoms with Crippen LogP contribution < -0.4 is 16.2 Å². The molecule has 0 unspecified atom stereocenters. The molecule has 4 rings (SSSR count). The molecule has 1 aliphatic rings. The molecule has 3 heterocycles. The van der Waals surface area contributed by atoms with Gasteiger partial charge in [-0.1, -0.05) is 24.3 Å². The summed E-state index contributed by atoms with van der Waals surface area (Å²) in [5.41, 5.74) is 3.72. The first kappa shape index (κ1) is 19.6. The van der Waals surface area contributed by atoms with Crippen molar-refractivity contribution < 1.29 is 4.79 Å². The van der Waals surface area contributed by atoms with Gasteiger partial charge in [0.25, 0.3) is 5.56 Å². The molecule has 0 saturated carbocycles. The molecule has 29 heavy (non-hydrogen) atoms. The zero-order valence-electron chi connectivity index (χ0n) is 17.3. The van der Waals surface area contributed by atoms with E-state index in [1.807, 2.05) is 37.5 Å². The number of carbonyl (C=O) groups is 1. The van der Waals surface area contributed by atoms with Gasteiger partial charge in [-0.15, -0.1) is 0 Å². The lowest BCUT2D eigenvalue weighted by atomic mass is 10.0. The fraction of sp³-hybridized carbons (Fsp3) is 0.409. The predicted octanol–water partition coefficient (Wildman–Crippen LogP) is 5.00. The average molecular weight is 411 g/mol. The van der Waals surface area contributed by atoms with Crippen molar-refractivity contribution in [3.63, 3.8) is 0 Å². The number of hydrogen-bond acceptors (Lipinski definition) is 4. The Bertz CT molecular complexity index is 1140. The fourth-order valence-corrected chi connectivity index (χ4v) is 5.07. The molecule has 0 spiro atoms. The lowest BCUT2D eigenvalue weighted by Gasteiger charge is -2.09. The summed E-state index contributed by atoms with van der Waals surface area (Å²) in [5.74, 6) is 1.46. The molecule has 152 valence electrons. The van der Waals surface area contributed by atoms with E-state index in [1.165, 1.54) is 11.3 Å². The van der Waals surface area contributed by atoms with Crippen LogP contribution in [0.25, 0.3) is 10.2 Å². The molecule has 0 aliphatic carbocycles. The summed E-state index contributed by atoms with van der Waals surface area (Å²) in [6.45, 7) is 8.80. The summed E-state index contributed by atoms with van der Waals surface area (Å²) >= 11 is 1.37. The van der Waals surface area contributed by atoms with E-state index in [1.54, 1.807) is 0 Å². The highest BCUT2D eigenvalue weighted by Crippen LogP contribution is 2.33. The van der Waals surface area contributed by atoms with Crippen molar-refractivity contribution in [2.75, 3.05) is 10.6 Å². The minimum Gasteiger partial charge on any atom is -0.308 e. The van der Waals surface area contributed by atoms with Crippen LogP contribution in [0.2, 0.25) is 0 Å².